The van der Waals surface area contributed by atoms with Gasteiger partial charge < -0.3 is 9.30 Å². The van der Waals surface area contributed by atoms with E-state index in [1.807, 2.05) is 54.0 Å². The van der Waals surface area contributed by atoms with Crippen LogP contribution in [0.2, 0.25) is 10.2 Å². The fraction of sp³-hybridized carbons (Fsp3) is 0.0909. The van der Waals surface area contributed by atoms with Crippen LogP contribution in [0, 0.1) is 0 Å². The molecule has 28 heavy (non-hydrogen) atoms. The monoisotopic (exact) mass is 411 g/mol. The molecule has 0 amide bonds. The van der Waals surface area contributed by atoms with E-state index in [1.165, 1.54) is 0 Å². The van der Waals surface area contributed by atoms with Crippen molar-refractivity contribution in [3.05, 3.63) is 81.5 Å². The molecule has 2 heterocycles. The fourth-order valence-corrected chi connectivity index (χ4v) is 4.00. The van der Waals surface area contributed by atoms with Crippen LogP contribution in [0.3, 0.4) is 0 Å². The summed E-state index contributed by atoms with van der Waals surface area (Å²) >= 11 is 12.8. The zero-order valence-electron chi connectivity index (χ0n) is 14.9. The predicted octanol–water partition coefficient (Wildman–Crippen LogP) is 5.52. The van der Waals surface area contributed by atoms with Gasteiger partial charge in [-0.05, 0) is 30.7 Å². The summed E-state index contributed by atoms with van der Waals surface area (Å²) < 4.78 is 6.80. The molecule has 0 saturated carbocycles. The minimum Gasteiger partial charge on any atom is -0.386 e. The number of hydrogen-bond acceptors (Lipinski definition) is 3. The van der Waals surface area contributed by atoms with Crippen LogP contribution in [0.4, 0.5) is 0 Å². The summed E-state index contributed by atoms with van der Waals surface area (Å²) in [6, 6.07) is 14.8. The van der Waals surface area contributed by atoms with Gasteiger partial charge in [0.05, 0.1) is 11.1 Å². The maximum atomic E-state index is 12.5. The lowest BCUT2D eigenvalue weighted by molar-refractivity contribution is -0.150. The van der Waals surface area contributed by atoms with E-state index in [9.17, 15) is 9.59 Å². The largest absolute Gasteiger partial charge is 0.386 e. The third-order valence-corrected chi connectivity index (χ3v) is 5.42. The number of carbonyl (C=O) groups excluding carboxylic acids is 2. The first-order valence-corrected chi connectivity index (χ1v) is 9.49. The van der Waals surface area contributed by atoms with Crippen molar-refractivity contribution < 1.29 is 14.3 Å². The molecule has 1 aliphatic rings. The Bertz CT molecular complexity index is 1190. The number of halogens is 2. The van der Waals surface area contributed by atoms with Crippen LogP contribution >= 0.6 is 23.2 Å². The summed E-state index contributed by atoms with van der Waals surface area (Å²) in [5, 5.41) is 1.73. The van der Waals surface area contributed by atoms with Gasteiger partial charge in [0.1, 0.15) is 5.15 Å². The zero-order chi connectivity index (χ0) is 19.8. The Labute approximate surface area is 171 Å². The molecule has 0 unspecified atom stereocenters. The minimum atomic E-state index is -0.704. The first kappa shape index (κ1) is 18.5. The maximum absolute atomic E-state index is 12.5. The minimum absolute atomic E-state index is 0.158. The Morgan fingerprint density at radius 3 is 2.43 bits per heavy atom. The third-order valence-electron chi connectivity index (χ3n) is 4.69. The molecule has 0 spiro atoms. The molecule has 0 N–H and O–H groups in total. The van der Waals surface area contributed by atoms with Crippen molar-refractivity contribution in [1.29, 1.82) is 0 Å². The second kappa shape index (κ2) is 7.30. The number of carbonyl (C=O) groups is 2. The van der Waals surface area contributed by atoms with Crippen molar-refractivity contribution in [2.24, 2.45) is 0 Å². The topological polar surface area (TPSA) is 48.3 Å². The molecule has 0 bridgehead atoms. The van der Waals surface area contributed by atoms with Gasteiger partial charge in [0.25, 0.3) is 0 Å². The first-order valence-electron chi connectivity index (χ1n) is 8.73. The van der Waals surface area contributed by atoms with Gasteiger partial charge >= 0.3 is 11.9 Å². The summed E-state index contributed by atoms with van der Waals surface area (Å²) in [4.78, 5) is 24.9. The summed E-state index contributed by atoms with van der Waals surface area (Å²) in [6.07, 6.45) is 3.24. The zero-order valence-corrected chi connectivity index (χ0v) is 16.4. The van der Waals surface area contributed by atoms with Crippen molar-refractivity contribution in [2.75, 3.05) is 0 Å². The Balaban J connectivity index is 1.95. The van der Waals surface area contributed by atoms with Gasteiger partial charge in [-0.25, -0.2) is 9.59 Å². The molecule has 3 aromatic rings. The molecule has 140 valence electrons. The van der Waals surface area contributed by atoms with Gasteiger partial charge in [-0.3, -0.25) is 0 Å². The van der Waals surface area contributed by atoms with E-state index in [4.69, 9.17) is 27.9 Å². The SMILES string of the molecule is CCn1c(Cl)c(C2=C(/C=C/c3ccccc3Cl)C(=O)OC2=O)c2ccccc21. The summed E-state index contributed by atoms with van der Waals surface area (Å²) in [5.74, 6) is -1.41. The van der Waals surface area contributed by atoms with Crippen LogP contribution < -0.4 is 0 Å². The molecule has 1 aromatic heterocycles. The number of para-hydroxylation sites is 1. The van der Waals surface area contributed by atoms with Crippen molar-refractivity contribution in [2.45, 2.75) is 13.5 Å². The number of rotatable bonds is 4. The Hall–Kier alpha value is -2.82. The molecule has 0 fully saturated rings. The highest BCUT2D eigenvalue weighted by atomic mass is 35.5. The molecule has 0 aliphatic carbocycles. The second-order valence-corrected chi connectivity index (χ2v) is 7.01. The average Bonchev–Trinajstić information content (AvgIpc) is 3.12. The molecule has 0 atom stereocenters. The molecule has 0 saturated heterocycles. The quantitative estimate of drug-likeness (QED) is 0.419. The van der Waals surface area contributed by atoms with Gasteiger partial charge in [-0.15, -0.1) is 0 Å². The Morgan fingerprint density at radius 2 is 1.68 bits per heavy atom. The molecular weight excluding hydrogens is 397 g/mol. The fourth-order valence-electron chi connectivity index (χ4n) is 3.39. The molecular formula is C22H15Cl2NO3. The molecule has 4 nitrogen and oxygen atoms in total. The number of hydrogen-bond donors (Lipinski definition) is 0. The number of esters is 2. The number of aromatic nitrogens is 1. The van der Waals surface area contributed by atoms with Gasteiger partial charge in [0, 0.05) is 28.0 Å². The lowest BCUT2D eigenvalue weighted by Crippen LogP contribution is -2.02. The molecule has 4 rings (SSSR count). The molecule has 0 radical (unpaired) electrons. The third kappa shape index (κ3) is 2.95. The van der Waals surface area contributed by atoms with E-state index in [1.54, 1.807) is 18.2 Å². The van der Waals surface area contributed by atoms with Crippen LogP contribution in [-0.4, -0.2) is 16.5 Å². The van der Waals surface area contributed by atoms with Crippen molar-refractivity contribution in [1.82, 2.24) is 4.57 Å². The standard InChI is InChI=1S/C22H15Cl2NO3/c1-2-25-17-10-6-4-8-14(17)18(20(25)24)19-15(21(26)28-22(19)27)12-11-13-7-3-5-9-16(13)23/h3-12H,2H2,1H3/b12-11+. The average molecular weight is 412 g/mol. The van der Waals surface area contributed by atoms with Crippen LogP contribution in [0.25, 0.3) is 22.6 Å². The summed E-state index contributed by atoms with van der Waals surface area (Å²) in [5.41, 5.74) is 2.45. The number of fused-ring (bicyclic) bond motifs is 1. The van der Waals surface area contributed by atoms with Crippen LogP contribution in [0.15, 0.2) is 60.2 Å². The number of aryl methyl sites for hydroxylation is 1. The van der Waals surface area contributed by atoms with Crippen molar-refractivity contribution in [3.63, 3.8) is 0 Å². The van der Waals surface area contributed by atoms with Gasteiger partial charge in [0.2, 0.25) is 0 Å². The number of ether oxygens (including phenoxy) is 1. The lowest BCUT2D eigenvalue weighted by Gasteiger charge is -2.03. The van der Waals surface area contributed by atoms with E-state index in [2.05, 4.69) is 0 Å². The van der Waals surface area contributed by atoms with Gasteiger partial charge in [0.15, 0.2) is 0 Å². The van der Waals surface area contributed by atoms with Crippen LogP contribution in [-0.2, 0) is 20.9 Å². The second-order valence-electron chi connectivity index (χ2n) is 6.25. The molecule has 1 aliphatic heterocycles. The van der Waals surface area contributed by atoms with Crippen LogP contribution in [0.5, 0.6) is 0 Å². The van der Waals surface area contributed by atoms with Crippen molar-refractivity contribution >= 4 is 57.7 Å². The molecule has 6 heteroatoms. The summed E-state index contributed by atoms with van der Waals surface area (Å²) in [7, 11) is 0. The Morgan fingerprint density at radius 1 is 0.964 bits per heavy atom. The van der Waals surface area contributed by atoms with Crippen molar-refractivity contribution in [3.8, 4) is 0 Å². The maximum Gasteiger partial charge on any atom is 0.347 e. The van der Waals surface area contributed by atoms with Gasteiger partial charge in [-0.1, -0.05) is 65.7 Å². The van der Waals surface area contributed by atoms with E-state index < -0.39 is 11.9 Å². The smallest absolute Gasteiger partial charge is 0.347 e. The predicted molar refractivity (Wildman–Crippen MR) is 111 cm³/mol. The molecule has 2 aromatic carbocycles. The Kier molecular flexibility index (Phi) is 4.84. The highest BCUT2D eigenvalue weighted by molar-refractivity contribution is 6.40. The van der Waals surface area contributed by atoms with E-state index in [-0.39, 0.29) is 11.1 Å². The van der Waals surface area contributed by atoms with Crippen LogP contribution in [0.1, 0.15) is 18.1 Å². The number of nitrogens with zero attached hydrogens (tertiary/aromatic N) is 1. The highest BCUT2D eigenvalue weighted by Gasteiger charge is 2.36. The normalized spacial score (nSPS) is 14.5. The van der Waals surface area contributed by atoms with E-state index in [0.717, 1.165) is 16.5 Å². The summed E-state index contributed by atoms with van der Waals surface area (Å²) in [6.45, 7) is 2.59. The van der Waals surface area contributed by atoms with E-state index >= 15 is 0 Å². The van der Waals surface area contributed by atoms with Gasteiger partial charge in [-0.2, -0.15) is 0 Å². The highest BCUT2D eigenvalue weighted by Crippen LogP contribution is 2.40. The first-order chi connectivity index (χ1) is 13.5. The van der Waals surface area contributed by atoms with E-state index in [0.29, 0.717) is 22.3 Å². The number of cyclic esters (lactones) is 2. The lowest BCUT2D eigenvalue weighted by atomic mass is 10.00. The number of benzene rings is 2.